The first-order valence-electron chi connectivity index (χ1n) is 19.8. The molecule has 4 amide bonds. The summed E-state index contributed by atoms with van der Waals surface area (Å²) in [4.78, 5) is 74.9. The highest BCUT2D eigenvalue weighted by atomic mass is 35.5. The van der Waals surface area contributed by atoms with Crippen molar-refractivity contribution >= 4 is 88.1 Å². The molecule has 5 aromatic rings. The first kappa shape index (κ1) is 42.4. The summed E-state index contributed by atoms with van der Waals surface area (Å²) in [6, 6.07) is 23.6. The van der Waals surface area contributed by atoms with E-state index in [9.17, 15) is 33.5 Å². The maximum Gasteiger partial charge on any atom is 0.524 e. The average molecular weight is 878 g/mol. The van der Waals surface area contributed by atoms with Crippen LogP contribution in [0, 0.1) is 0 Å². The number of hydrogen-bond acceptors (Lipinski definition) is 9. The molecule has 0 aliphatic carbocycles. The van der Waals surface area contributed by atoms with Gasteiger partial charge in [-0.25, -0.2) is 4.57 Å². The van der Waals surface area contributed by atoms with Crippen molar-refractivity contribution in [1.82, 2.24) is 4.90 Å². The third kappa shape index (κ3) is 8.74. The number of benzene rings is 5. The molecule has 0 unspecified atom stereocenters. The second-order valence-electron chi connectivity index (χ2n) is 14.7. The van der Waals surface area contributed by atoms with Crippen LogP contribution in [-0.2, 0) is 34.9 Å². The second-order valence-corrected chi connectivity index (χ2v) is 16.2. The van der Waals surface area contributed by atoms with Crippen LogP contribution in [0.3, 0.4) is 0 Å². The Balaban J connectivity index is 1.03. The van der Waals surface area contributed by atoms with Gasteiger partial charge in [0.1, 0.15) is 23.9 Å². The lowest BCUT2D eigenvalue weighted by Gasteiger charge is -2.18. The molecule has 0 aromatic heterocycles. The van der Waals surface area contributed by atoms with Crippen LogP contribution in [0.4, 0.5) is 11.4 Å². The summed E-state index contributed by atoms with van der Waals surface area (Å²) in [6.45, 7) is 1.13. The van der Waals surface area contributed by atoms with E-state index in [4.69, 9.17) is 30.3 Å². The number of imide groups is 1. The van der Waals surface area contributed by atoms with Gasteiger partial charge in [-0.05, 0) is 52.1 Å². The van der Waals surface area contributed by atoms with Crippen LogP contribution < -0.4 is 23.8 Å². The molecule has 2 N–H and O–H groups in total. The number of carbonyl (C=O) groups excluding carboxylic acids is 4. The van der Waals surface area contributed by atoms with E-state index in [-0.39, 0.29) is 49.8 Å². The van der Waals surface area contributed by atoms with Crippen molar-refractivity contribution in [2.75, 3.05) is 62.2 Å². The zero-order valence-electron chi connectivity index (χ0n) is 33.4. The summed E-state index contributed by atoms with van der Waals surface area (Å²) in [5.74, 6) is -0.165. The van der Waals surface area contributed by atoms with Crippen molar-refractivity contribution in [3.8, 4) is 17.2 Å². The third-order valence-corrected chi connectivity index (χ3v) is 11.8. The number of rotatable bonds is 15. The highest BCUT2D eigenvalue weighted by Crippen LogP contribution is 2.47. The molecule has 8 rings (SSSR count). The second kappa shape index (κ2) is 18.0. The van der Waals surface area contributed by atoms with Gasteiger partial charge in [-0.3, -0.25) is 33.9 Å². The maximum atomic E-state index is 13.8. The lowest BCUT2D eigenvalue weighted by molar-refractivity contribution is -0.137. The van der Waals surface area contributed by atoms with Crippen LogP contribution in [-0.4, -0.2) is 90.8 Å². The van der Waals surface area contributed by atoms with E-state index in [1.807, 2.05) is 42.5 Å². The quantitative estimate of drug-likeness (QED) is 0.0374. The first-order valence-corrected chi connectivity index (χ1v) is 21.8. The highest BCUT2D eigenvalue weighted by Gasteiger charge is 2.34. The molecule has 0 saturated heterocycles. The van der Waals surface area contributed by atoms with Crippen LogP contribution in [0.5, 0.6) is 17.2 Å². The fourth-order valence-electron chi connectivity index (χ4n) is 8.13. The molecule has 5 aromatic carbocycles. The van der Waals surface area contributed by atoms with Crippen LogP contribution in [0.15, 0.2) is 103 Å². The Morgan fingerprint density at radius 2 is 1.45 bits per heavy atom. The Morgan fingerprint density at radius 1 is 0.790 bits per heavy atom. The molecule has 0 bridgehead atoms. The van der Waals surface area contributed by atoms with Gasteiger partial charge in [0.25, 0.3) is 23.6 Å². The molecule has 14 nitrogen and oxygen atoms in total. The van der Waals surface area contributed by atoms with Crippen LogP contribution >= 0.6 is 19.4 Å². The van der Waals surface area contributed by atoms with E-state index in [2.05, 4.69) is 0 Å². The van der Waals surface area contributed by atoms with E-state index in [1.54, 1.807) is 54.5 Å². The normalized spacial score (nSPS) is 16.1. The Kier molecular flexibility index (Phi) is 12.3. The number of ether oxygens (including phenoxy) is 3. The van der Waals surface area contributed by atoms with Crippen molar-refractivity contribution in [3.63, 3.8) is 0 Å². The standard InChI is InChI=1S/C46H41ClN3O11P/c1-58-40-26-38-46(36-9-5-4-8-35(36)40)31(27-47)28-50(38)45(54)14-11-29-10-12-30(39(24-29)60-23-22-59-21-20-49-43(52)16-17-44(49)53)13-15-42(51)48-19-18-33-32-6-2-3-7-34(32)41(25-37(33)48)61-62(55,56)57/h2-17,24-26,31H,18-23,27-28H2,1H3,(H2,55,56,57)/b14-11+,15-13+/t31-/m1/s1. The topological polar surface area (TPSA) is 172 Å². The van der Waals surface area contributed by atoms with Gasteiger partial charge in [0.2, 0.25) is 0 Å². The van der Waals surface area contributed by atoms with E-state index in [0.717, 1.165) is 37.9 Å². The Labute approximate surface area is 361 Å². The number of hydrogen-bond donors (Lipinski definition) is 2. The third-order valence-electron chi connectivity index (χ3n) is 11.0. The van der Waals surface area contributed by atoms with Crippen molar-refractivity contribution in [2.45, 2.75) is 12.3 Å². The molecule has 3 aliphatic rings. The molecule has 16 heteroatoms. The van der Waals surface area contributed by atoms with E-state index in [1.165, 1.54) is 35.3 Å². The summed E-state index contributed by atoms with van der Waals surface area (Å²) >= 11 is 6.45. The van der Waals surface area contributed by atoms with E-state index >= 15 is 0 Å². The first-order chi connectivity index (χ1) is 29.9. The number of fused-ring (bicyclic) bond motifs is 6. The van der Waals surface area contributed by atoms with E-state index in [0.29, 0.717) is 59.1 Å². The smallest absolute Gasteiger partial charge is 0.496 e. The summed E-state index contributed by atoms with van der Waals surface area (Å²) in [7, 11) is -3.30. The van der Waals surface area contributed by atoms with Crippen LogP contribution in [0.1, 0.15) is 28.2 Å². The molecule has 3 aliphatic heterocycles. The van der Waals surface area contributed by atoms with E-state index < -0.39 is 19.6 Å². The van der Waals surface area contributed by atoms with Crippen molar-refractivity contribution in [1.29, 1.82) is 0 Å². The molecule has 1 atom stereocenters. The summed E-state index contributed by atoms with van der Waals surface area (Å²) in [5.41, 5.74) is 4.26. The van der Waals surface area contributed by atoms with Gasteiger partial charge in [-0.2, -0.15) is 0 Å². The Hall–Kier alpha value is -6.28. The van der Waals surface area contributed by atoms with Crippen LogP contribution in [0.2, 0.25) is 0 Å². The monoisotopic (exact) mass is 877 g/mol. The summed E-state index contributed by atoms with van der Waals surface area (Å²) in [5, 5.41) is 3.17. The number of phosphoric acid groups is 1. The SMILES string of the molecule is COc1cc2c(c3ccccc13)[C@H](CCl)CN2C(=O)/C=C/c1ccc(/C=C/C(=O)N2CCc3c2cc(OP(=O)(O)O)c2ccccc32)c(OCCOCCN2C(=O)C=CC2=O)c1. The lowest BCUT2D eigenvalue weighted by Crippen LogP contribution is -2.33. The minimum atomic E-state index is -4.90. The number of anilines is 2. The molecule has 0 saturated carbocycles. The molecular weight excluding hydrogens is 837 g/mol. The van der Waals surface area contributed by atoms with Gasteiger partial charge in [0, 0.05) is 77.7 Å². The molecule has 62 heavy (non-hydrogen) atoms. The maximum absolute atomic E-state index is 13.8. The Bertz CT molecular complexity index is 2750. The minimum absolute atomic E-state index is 0.0345. The number of amides is 4. The summed E-state index contributed by atoms with van der Waals surface area (Å²) < 4.78 is 34.4. The van der Waals surface area contributed by atoms with Crippen molar-refractivity contribution in [3.05, 3.63) is 125 Å². The Morgan fingerprint density at radius 3 is 2.16 bits per heavy atom. The predicted octanol–water partition coefficient (Wildman–Crippen LogP) is 6.78. The van der Waals surface area contributed by atoms with Crippen molar-refractivity contribution in [2.24, 2.45) is 0 Å². The predicted molar refractivity (Wildman–Crippen MR) is 236 cm³/mol. The average Bonchev–Trinajstić information content (AvgIpc) is 3.97. The van der Waals surface area contributed by atoms with Gasteiger partial charge in [-0.15, -0.1) is 11.6 Å². The van der Waals surface area contributed by atoms with Gasteiger partial charge in [0.15, 0.2) is 0 Å². The van der Waals surface area contributed by atoms with Crippen LogP contribution in [0.25, 0.3) is 33.7 Å². The number of phosphoric ester groups is 1. The number of halogens is 1. The zero-order chi connectivity index (χ0) is 43.5. The van der Waals surface area contributed by atoms with Gasteiger partial charge in [0.05, 0.1) is 38.2 Å². The molecule has 0 fully saturated rings. The minimum Gasteiger partial charge on any atom is -0.496 e. The zero-order valence-corrected chi connectivity index (χ0v) is 35.1. The van der Waals surface area contributed by atoms with Gasteiger partial charge in [-0.1, -0.05) is 60.7 Å². The molecule has 318 valence electrons. The van der Waals surface area contributed by atoms with Crippen molar-refractivity contribution < 1.29 is 52.3 Å². The number of alkyl halides is 1. The number of carbonyl (C=O) groups is 4. The molecular formula is C46H41ClN3O11P. The summed E-state index contributed by atoms with van der Waals surface area (Å²) in [6.07, 6.45) is 9.10. The molecule has 0 radical (unpaired) electrons. The fraction of sp³-hybridized carbons (Fsp3) is 0.217. The largest absolute Gasteiger partial charge is 0.524 e. The number of methoxy groups -OCH3 is 1. The van der Waals surface area contributed by atoms with Gasteiger partial charge >= 0.3 is 7.82 Å². The number of nitrogens with zero attached hydrogens (tertiary/aromatic N) is 3. The molecule has 3 heterocycles. The lowest BCUT2D eigenvalue weighted by atomic mass is 9.95. The molecule has 0 spiro atoms. The van der Waals surface area contributed by atoms with Gasteiger partial charge < -0.3 is 28.5 Å². The fourth-order valence-corrected chi connectivity index (χ4v) is 8.79. The highest BCUT2D eigenvalue weighted by molar-refractivity contribution is 7.46.